The lowest BCUT2D eigenvalue weighted by molar-refractivity contribution is -0.120. The molecular weight excluding hydrogens is 318 g/mol. The summed E-state index contributed by atoms with van der Waals surface area (Å²) in [7, 11) is 0. The first-order valence-corrected chi connectivity index (χ1v) is 7.41. The Bertz CT molecular complexity index is 724. The number of hydrogen-bond acceptors (Lipinski definition) is 5. The Hall–Kier alpha value is -3.00. The third-order valence-corrected chi connectivity index (χ3v) is 3.58. The molecule has 0 aliphatic carbocycles. The van der Waals surface area contributed by atoms with Crippen LogP contribution in [0.15, 0.2) is 46.9 Å². The summed E-state index contributed by atoms with van der Waals surface area (Å²) in [6.07, 6.45) is 1.38. The highest BCUT2D eigenvalue weighted by atomic mass is 32.1. The second-order valence-corrected chi connectivity index (χ2v) is 5.33. The van der Waals surface area contributed by atoms with Gasteiger partial charge in [0.1, 0.15) is 0 Å². The van der Waals surface area contributed by atoms with E-state index in [0.717, 1.165) is 0 Å². The molecule has 0 aliphatic rings. The summed E-state index contributed by atoms with van der Waals surface area (Å²) in [6, 6.07) is 9.42. The first kappa shape index (κ1) is 16.4. The van der Waals surface area contributed by atoms with E-state index in [0.29, 0.717) is 10.4 Å². The minimum atomic E-state index is -1.01. The topological polar surface area (TPSA) is 108 Å². The van der Waals surface area contributed by atoms with Gasteiger partial charge < -0.3 is 10.4 Å². The van der Waals surface area contributed by atoms with Crippen molar-refractivity contribution >= 4 is 35.3 Å². The van der Waals surface area contributed by atoms with Gasteiger partial charge in [-0.25, -0.2) is 10.2 Å². The molecule has 3 N–H and O–H groups in total. The van der Waals surface area contributed by atoms with Gasteiger partial charge in [0.05, 0.1) is 23.2 Å². The van der Waals surface area contributed by atoms with E-state index in [1.54, 1.807) is 29.6 Å². The first-order valence-electron chi connectivity index (χ1n) is 6.53. The number of carboxylic acid groups (broad SMARTS) is 1. The number of amides is 2. The Labute approximate surface area is 135 Å². The Kier molecular flexibility index (Phi) is 5.59. The summed E-state index contributed by atoms with van der Waals surface area (Å²) in [5, 5.41) is 16.8. The number of rotatable bonds is 6. The third kappa shape index (κ3) is 5.04. The molecule has 0 unspecified atom stereocenters. The predicted molar refractivity (Wildman–Crippen MR) is 85.8 cm³/mol. The lowest BCUT2D eigenvalue weighted by Crippen LogP contribution is -2.34. The Morgan fingerprint density at radius 2 is 1.91 bits per heavy atom. The van der Waals surface area contributed by atoms with Crippen LogP contribution in [0.3, 0.4) is 0 Å². The maximum absolute atomic E-state index is 11.6. The lowest BCUT2D eigenvalue weighted by Gasteiger charge is -2.02. The van der Waals surface area contributed by atoms with Gasteiger partial charge in [-0.15, -0.1) is 11.3 Å². The van der Waals surface area contributed by atoms with Crippen LogP contribution in [0.5, 0.6) is 0 Å². The number of benzene rings is 1. The van der Waals surface area contributed by atoms with Gasteiger partial charge in [0.15, 0.2) is 0 Å². The summed E-state index contributed by atoms with van der Waals surface area (Å²) < 4.78 is 0. The highest BCUT2D eigenvalue weighted by Crippen LogP contribution is 2.07. The third-order valence-electron chi connectivity index (χ3n) is 2.71. The molecule has 2 aromatic rings. The second-order valence-electron chi connectivity index (χ2n) is 4.38. The van der Waals surface area contributed by atoms with Crippen LogP contribution in [-0.4, -0.2) is 35.6 Å². The molecule has 0 atom stereocenters. The number of nitrogens with one attached hydrogen (secondary N) is 2. The molecule has 8 heteroatoms. The fraction of sp³-hybridized carbons (Fsp3) is 0.0667. The number of carboxylic acids is 1. The summed E-state index contributed by atoms with van der Waals surface area (Å²) >= 11 is 1.29. The second kappa shape index (κ2) is 7.85. The minimum absolute atomic E-state index is 0.169. The van der Waals surface area contributed by atoms with Crippen LogP contribution in [0.2, 0.25) is 0 Å². The lowest BCUT2D eigenvalue weighted by atomic mass is 10.1. The van der Waals surface area contributed by atoms with Gasteiger partial charge in [-0.2, -0.15) is 5.10 Å². The molecule has 0 fully saturated rings. The van der Waals surface area contributed by atoms with Crippen LogP contribution in [0.4, 0.5) is 0 Å². The van der Waals surface area contributed by atoms with Crippen LogP contribution in [-0.2, 0) is 4.79 Å². The molecular formula is C15H13N3O4S. The van der Waals surface area contributed by atoms with Gasteiger partial charge in [-0.1, -0.05) is 18.2 Å². The number of hydrazone groups is 1. The summed E-state index contributed by atoms with van der Waals surface area (Å²) in [4.78, 5) is 34.4. The van der Waals surface area contributed by atoms with Gasteiger partial charge in [0, 0.05) is 0 Å². The van der Waals surface area contributed by atoms with Crippen LogP contribution in [0, 0.1) is 0 Å². The van der Waals surface area contributed by atoms with Gasteiger partial charge in [-0.3, -0.25) is 9.59 Å². The molecule has 0 spiro atoms. The zero-order valence-corrected chi connectivity index (χ0v) is 12.7. The van der Waals surface area contributed by atoms with Crippen LogP contribution in [0.1, 0.15) is 25.6 Å². The molecule has 2 rings (SSSR count). The molecule has 118 valence electrons. The van der Waals surface area contributed by atoms with Crippen molar-refractivity contribution in [3.8, 4) is 0 Å². The maximum atomic E-state index is 11.6. The van der Waals surface area contributed by atoms with Crippen molar-refractivity contribution in [3.05, 3.63) is 57.8 Å². The summed E-state index contributed by atoms with van der Waals surface area (Å²) in [5.41, 5.74) is 3.08. The molecule has 0 saturated carbocycles. The number of aromatic carboxylic acids is 1. The molecule has 0 radical (unpaired) electrons. The van der Waals surface area contributed by atoms with E-state index in [4.69, 9.17) is 5.11 Å². The van der Waals surface area contributed by atoms with Crippen molar-refractivity contribution in [2.75, 3.05) is 6.54 Å². The summed E-state index contributed by atoms with van der Waals surface area (Å²) in [6.45, 7) is -0.188. The van der Waals surface area contributed by atoms with E-state index in [2.05, 4.69) is 15.8 Å². The fourth-order valence-electron chi connectivity index (χ4n) is 1.59. The van der Waals surface area contributed by atoms with E-state index in [1.807, 2.05) is 0 Å². The number of nitrogens with zero attached hydrogens (tertiary/aromatic N) is 1. The minimum Gasteiger partial charge on any atom is -0.478 e. The highest BCUT2D eigenvalue weighted by molar-refractivity contribution is 7.12. The van der Waals surface area contributed by atoms with E-state index < -0.39 is 11.9 Å². The average Bonchev–Trinajstić information content (AvgIpc) is 3.07. The van der Waals surface area contributed by atoms with Crippen molar-refractivity contribution in [1.82, 2.24) is 10.7 Å². The zero-order valence-electron chi connectivity index (χ0n) is 11.9. The molecule has 23 heavy (non-hydrogen) atoms. The SMILES string of the molecule is O=C(CNC(=O)c1cccs1)N/N=C\c1ccc(C(=O)O)cc1. The molecule has 2 amide bonds. The van der Waals surface area contributed by atoms with Gasteiger partial charge in [-0.05, 0) is 29.1 Å². The fourth-order valence-corrected chi connectivity index (χ4v) is 2.23. The molecule has 0 aliphatic heterocycles. The highest BCUT2D eigenvalue weighted by Gasteiger charge is 2.07. The average molecular weight is 331 g/mol. The van der Waals surface area contributed by atoms with Crippen molar-refractivity contribution in [2.45, 2.75) is 0 Å². The van der Waals surface area contributed by atoms with Crippen LogP contribution < -0.4 is 10.7 Å². The van der Waals surface area contributed by atoms with Gasteiger partial charge in [0.25, 0.3) is 11.8 Å². The molecule has 0 bridgehead atoms. The standard InChI is InChI=1S/C15H13N3O4S/c19-13(9-16-14(20)12-2-1-7-23-12)18-17-8-10-3-5-11(6-4-10)15(21)22/h1-8H,9H2,(H,16,20)(H,18,19)(H,21,22)/b17-8-. The smallest absolute Gasteiger partial charge is 0.335 e. The zero-order chi connectivity index (χ0) is 16.7. The van der Waals surface area contributed by atoms with Crippen molar-refractivity contribution < 1.29 is 19.5 Å². The normalized spacial score (nSPS) is 10.4. The molecule has 7 nitrogen and oxygen atoms in total. The van der Waals surface area contributed by atoms with Gasteiger partial charge >= 0.3 is 5.97 Å². The van der Waals surface area contributed by atoms with Crippen molar-refractivity contribution in [1.29, 1.82) is 0 Å². The van der Waals surface area contributed by atoms with Crippen molar-refractivity contribution in [3.63, 3.8) is 0 Å². The molecule has 1 aromatic heterocycles. The molecule has 1 aromatic carbocycles. The van der Waals surface area contributed by atoms with Gasteiger partial charge in [0.2, 0.25) is 0 Å². The summed E-state index contributed by atoms with van der Waals surface area (Å²) in [5.74, 6) is -1.79. The monoisotopic (exact) mass is 331 g/mol. The number of thiophene rings is 1. The molecule has 1 heterocycles. The van der Waals surface area contributed by atoms with E-state index >= 15 is 0 Å². The Morgan fingerprint density at radius 3 is 2.52 bits per heavy atom. The molecule has 0 saturated heterocycles. The number of hydrogen-bond donors (Lipinski definition) is 3. The Morgan fingerprint density at radius 1 is 1.17 bits per heavy atom. The largest absolute Gasteiger partial charge is 0.478 e. The number of carbonyl (C=O) groups is 3. The quantitative estimate of drug-likeness (QED) is 0.548. The first-order chi connectivity index (χ1) is 11.1. The van der Waals surface area contributed by atoms with Crippen molar-refractivity contribution in [2.24, 2.45) is 5.10 Å². The van der Waals surface area contributed by atoms with E-state index in [-0.39, 0.29) is 18.0 Å². The van der Waals surface area contributed by atoms with Crippen LogP contribution in [0.25, 0.3) is 0 Å². The maximum Gasteiger partial charge on any atom is 0.335 e. The van der Waals surface area contributed by atoms with E-state index in [1.165, 1.54) is 29.7 Å². The Balaban J connectivity index is 1.77. The number of carbonyl (C=O) groups excluding carboxylic acids is 2. The van der Waals surface area contributed by atoms with Crippen LogP contribution >= 0.6 is 11.3 Å². The predicted octanol–water partition coefficient (Wildman–Crippen LogP) is 1.33. The van der Waals surface area contributed by atoms with E-state index in [9.17, 15) is 14.4 Å².